The van der Waals surface area contributed by atoms with Gasteiger partial charge in [-0.3, -0.25) is 14.3 Å². The van der Waals surface area contributed by atoms with Crippen LogP contribution >= 0.6 is 0 Å². The number of carbonyl (C=O) groups excluding carboxylic acids is 1. The molecular weight excluding hydrogens is 395 g/mol. The van der Waals surface area contributed by atoms with Gasteiger partial charge in [-0.15, -0.1) is 13.2 Å². The number of alkyl halides is 3. The Hall–Kier alpha value is -3.02. The smallest absolute Gasteiger partial charge is 0.461 e. The van der Waals surface area contributed by atoms with E-state index in [2.05, 4.69) is 25.1 Å². The van der Waals surface area contributed by atoms with Gasteiger partial charge in [0.25, 0.3) is 5.56 Å². The average molecular weight is 415 g/mol. The van der Waals surface area contributed by atoms with Gasteiger partial charge in [0.05, 0.1) is 12.3 Å². The number of aromatic nitrogens is 4. The molecule has 1 fully saturated rings. The molecule has 0 saturated heterocycles. The molecule has 1 amide bonds. The molecule has 1 aliphatic rings. The van der Waals surface area contributed by atoms with Gasteiger partial charge in [0.2, 0.25) is 5.91 Å². The molecule has 2 aromatic rings. The fourth-order valence-corrected chi connectivity index (χ4v) is 2.49. The molecule has 1 saturated carbocycles. The zero-order chi connectivity index (χ0) is 20.9. The van der Waals surface area contributed by atoms with Gasteiger partial charge in [0.15, 0.2) is 0 Å². The SMILES string of the molecule is O=C(Cn1nc(-c2cnc(OCCOC(F)(F)F)nc2)ccc1=O)NC1CCC1.[HH]. The van der Waals surface area contributed by atoms with Crippen molar-refractivity contribution >= 4 is 5.91 Å². The third kappa shape index (κ3) is 6.24. The van der Waals surface area contributed by atoms with Crippen LogP contribution in [0.4, 0.5) is 13.2 Å². The van der Waals surface area contributed by atoms with Crippen molar-refractivity contribution in [2.75, 3.05) is 13.2 Å². The van der Waals surface area contributed by atoms with Crippen molar-refractivity contribution < 1.29 is 28.9 Å². The molecule has 29 heavy (non-hydrogen) atoms. The highest BCUT2D eigenvalue weighted by molar-refractivity contribution is 5.76. The van der Waals surface area contributed by atoms with Crippen LogP contribution < -0.4 is 15.6 Å². The number of nitrogens with zero attached hydrogens (tertiary/aromatic N) is 4. The normalized spacial score (nSPS) is 14.3. The van der Waals surface area contributed by atoms with Gasteiger partial charge in [-0.25, -0.2) is 14.6 Å². The number of amides is 1. The number of nitrogens with one attached hydrogen (secondary N) is 1. The van der Waals surface area contributed by atoms with E-state index >= 15 is 0 Å². The van der Waals surface area contributed by atoms with Gasteiger partial charge in [-0.2, -0.15) is 5.10 Å². The molecule has 1 aliphatic carbocycles. The lowest BCUT2D eigenvalue weighted by molar-refractivity contribution is -0.325. The number of halogens is 3. The van der Waals surface area contributed by atoms with Crippen LogP contribution in [0.3, 0.4) is 0 Å². The van der Waals surface area contributed by atoms with E-state index in [1.165, 1.54) is 24.5 Å². The lowest BCUT2D eigenvalue weighted by Gasteiger charge is -2.26. The Balaban J connectivity index is 0.00000320. The zero-order valence-corrected chi connectivity index (χ0v) is 15.2. The number of hydrogen-bond acceptors (Lipinski definition) is 7. The molecule has 2 aromatic heterocycles. The second-order valence-electron chi connectivity index (χ2n) is 6.31. The van der Waals surface area contributed by atoms with Crippen LogP contribution in [0.5, 0.6) is 6.01 Å². The summed E-state index contributed by atoms with van der Waals surface area (Å²) in [5, 5.41) is 6.98. The topological polar surface area (TPSA) is 108 Å². The maximum Gasteiger partial charge on any atom is 0.522 e. The van der Waals surface area contributed by atoms with Crippen molar-refractivity contribution in [2.45, 2.75) is 38.2 Å². The monoisotopic (exact) mass is 415 g/mol. The summed E-state index contributed by atoms with van der Waals surface area (Å²) >= 11 is 0. The summed E-state index contributed by atoms with van der Waals surface area (Å²) in [5.41, 5.74) is 0.369. The Morgan fingerprint density at radius 1 is 1.24 bits per heavy atom. The number of rotatable bonds is 8. The van der Waals surface area contributed by atoms with Crippen LogP contribution in [0.15, 0.2) is 29.3 Å². The summed E-state index contributed by atoms with van der Waals surface area (Å²) in [4.78, 5) is 31.7. The van der Waals surface area contributed by atoms with E-state index in [4.69, 9.17) is 4.74 Å². The number of carbonyl (C=O) groups is 1. The van der Waals surface area contributed by atoms with E-state index in [1.807, 2.05) is 0 Å². The first kappa shape index (κ1) is 20.7. The maximum atomic E-state index is 12.0. The minimum Gasteiger partial charge on any atom is -0.461 e. The lowest BCUT2D eigenvalue weighted by Crippen LogP contribution is -2.42. The van der Waals surface area contributed by atoms with Crippen molar-refractivity contribution in [3.8, 4) is 17.3 Å². The first-order valence-electron chi connectivity index (χ1n) is 8.83. The Morgan fingerprint density at radius 3 is 2.59 bits per heavy atom. The third-order valence-electron chi connectivity index (χ3n) is 4.13. The van der Waals surface area contributed by atoms with Gasteiger partial charge < -0.3 is 10.1 Å². The molecule has 0 spiro atoms. The summed E-state index contributed by atoms with van der Waals surface area (Å²) in [7, 11) is 0. The molecule has 2 heterocycles. The van der Waals surface area contributed by atoms with Gasteiger partial charge >= 0.3 is 12.4 Å². The minimum absolute atomic E-state index is 0. The highest BCUT2D eigenvalue weighted by atomic mass is 19.4. The van der Waals surface area contributed by atoms with E-state index in [1.54, 1.807) is 0 Å². The van der Waals surface area contributed by atoms with Gasteiger partial charge in [0.1, 0.15) is 13.2 Å². The van der Waals surface area contributed by atoms with Gasteiger partial charge in [-0.1, -0.05) is 0 Å². The van der Waals surface area contributed by atoms with Crippen molar-refractivity contribution in [3.63, 3.8) is 0 Å². The Bertz CT molecular complexity index is 904. The molecule has 0 bridgehead atoms. The summed E-state index contributed by atoms with van der Waals surface area (Å²) in [6.45, 7) is -1.27. The quantitative estimate of drug-likeness (QED) is 0.652. The number of ether oxygens (including phenoxy) is 2. The summed E-state index contributed by atoms with van der Waals surface area (Å²) in [6.07, 6.45) is 0.909. The van der Waals surface area contributed by atoms with Crippen LogP contribution in [-0.2, 0) is 16.1 Å². The fraction of sp³-hybridized carbons (Fsp3) is 0.471. The van der Waals surface area contributed by atoms with Crippen molar-refractivity contribution in [3.05, 3.63) is 34.9 Å². The van der Waals surface area contributed by atoms with Gasteiger partial charge in [-0.05, 0) is 25.3 Å². The third-order valence-corrected chi connectivity index (χ3v) is 4.13. The van der Waals surface area contributed by atoms with E-state index in [0.717, 1.165) is 23.9 Å². The van der Waals surface area contributed by atoms with E-state index in [9.17, 15) is 22.8 Å². The minimum atomic E-state index is -4.72. The molecule has 0 radical (unpaired) electrons. The predicted molar refractivity (Wildman–Crippen MR) is 94.9 cm³/mol. The van der Waals surface area contributed by atoms with E-state index < -0.39 is 18.5 Å². The van der Waals surface area contributed by atoms with Crippen LogP contribution in [0.25, 0.3) is 11.3 Å². The Labute approximate surface area is 164 Å². The highest BCUT2D eigenvalue weighted by Crippen LogP contribution is 2.18. The molecule has 158 valence electrons. The summed E-state index contributed by atoms with van der Waals surface area (Å²) in [6, 6.07) is 2.76. The maximum absolute atomic E-state index is 12.0. The summed E-state index contributed by atoms with van der Waals surface area (Å²) in [5.74, 6) is -0.289. The molecule has 0 atom stereocenters. The van der Waals surface area contributed by atoms with Crippen LogP contribution in [-0.4, -0.2) is 51.3 Å². The second kappa shape index (κ2) is 8.99. The molecule has 12 heteroatoms. The summed E-state index contributed by atoms with van der Waals surface area (Å²) < 4.78 is 45.2. The first-order valence-corrected chi connectivity index (χ1v) is 8.83. The van der Waals surface area contributed by atoms with Crippen LogP contribution in [0.2, 0.25) is 0 Å². The second-order valence-corrected chi connectivity index (χ2v) is 6.31. The van der Waals surface area contributed by atoms with Gasteiger partial charge in [0, 0.05) is 31.5 Å². The van der Waals surface area contributed by atoms with Crippen LogP contribution in [0.1, 0.15) is 20.7 Å². The standard InChI is InChI=1S/C17H18F3N5O4.H2/c18-17(19,20)29-7-6-28-16-21-8-11(9-22-16)13-4-5-15(27)25(24-13)10-14(26)23-12-2-1-3-12;/h4-5,8-9,12H,1-3,6-7,10H2,(H,23,26);1H. The molecule has 0 aliphatic heterocycles. The molecule has 3 rings (SSSR count). The number of hydrogen-bond donors (Lipinski definition) is 1. The molecular formula is C17H20F3N5O4. The first-order chi connectivity index (χ1) is 13.8. The Kier molecular flexibility index (Phi) is 6.42. The zero-order valence-electron chi connectivity index (χ0n) is 15.2. The molecule has 9 nitrogen and oxygen atoms in total. The molecule has 0 unspecified atom stereocenters. The Morgan fingerprint density at radius 2 is 1.97 bits per heavy atom. The lowest BCUT2D eigenvalue weighted by atomic mass is 9.93. The predicted octanol–water partition coefficient (Wildman–Crippen LogP) is 1.53. The molecule has 0 aromatic carbocycles. The van der Waals surface area contributed by atoms with Crippen molar-refractivity contribution in [1.29, 1.82) is 0 Å². The molecule has 1 N–H and O–H groups in total. The fourth-order valence-electron chi connectivity index (χ4n) is 2.49. The van der Waals surface area contributed by atoms with E-state index in [0.29, 0.717) is 11.3 Å². The average Bonchev–Trinajstić information content (AvgIpc) is 2.63. The van der Waals surface area contributed by atoms with Crippen LogP contribution in [0, 0.1) is 0 Å². The van der Waals surface area contributed by atoms with E-state index in [-0.39, 0.29) is 32.5 Å². The van der Waals surface area contributed by atoms with Crippen molar-refractivity contribution in [2.24, 2.45) is 0 Å². The van der Waals surface area contributed by atoms with Crippen molar-refractivity contribution in [1.82, 2.24) is 25.1 Å². The highest BCUT2D eigenvalue weighted by Gasteiger charge is 2.28. The largest absolute Gasteiger partial charge is 0.522 e.